The SMILES string of the molecule is COc1ccccc1C(C)C(N)=O.[HH]. The van der Waals surface area contributed by atoms with Crippen LogP contribution in [0.15, 0.2) is 24.3 Å². The molecule has 72 valence electrons. The van der Waals surface area contributed by atoms with Gasteiger partial charge in [-0.2, -0.15) is 0 Å². The number of methoxy groups -OCH3 is 1. The summed E-state index contributed by atoms with van der Waals surface area (Å²) in [7, 11) is 1.58. The average Bonchev–Trinajstić information content (AvgIpc) is 2.16. The number of benzene rings is 1. The van der Waals surface area contributed by atoms with Crippen LogP contribution in [-0.2, 0) is 4.79 Å². The summed E-state index contributed by atoms with van der Waals surface area (Å²) >= 11 is 0. The van der Waals surface area contributed by atoms with Crippen LogP contribution in [0.2, 0.25) is 0 Å². The standard InChI is InChI=1S/C10H13NO2.H2/c1-7(10(11)12)8-5-3-4-6-9(8)13-2;/h3-7H,1-2H3,(H2,11,12);1H. The maximum atomic E-state index is 10.9. The fourth-order valence-electron chi connectivity index (χ4n) is 1.18. The molecule has 0 aromatic heterocycles. The topological polar surface area (TPSA) is 52.3 Å². The molecule has 3 heteroatoms. The second kappa shape index (κ2) is 3.94. The van der Waals surface area contributed by atoms with E-state index in [4.69, 9.17) is 10.5 Å². The fraction of sp³-hybridized carbons (Fsp3) is 0.300. The zero-order valence-corrected chi connectivity index (χ0v) is 7.78. The molecule has 0 saturated heterocycles. The molecule has 0 aliphatic carbocycles. The van der Waals surface area contributed by atoms with Gasteiger partial charge < -0.3 is 10.5 Å². The van der Waals surface area contributed by atoms with Gasteiger partial charge in [-0.05, 0) is 13.0 Å². The minimum absolute atomic E-state index is 0. The summed E-state index contributed by atoms with van der Waals surface area (Å²) in [5.74, 6) is 0.0504. The Labute approximate surface area is 79.0 Å². The molecule has 0 saturated carbocycles. The zero-order chi connectivity index (χ0) is 9.84. The summed E-state index contributed by atoms with van der Waals surface area (Å²) in [5, 5.41) is 0. The second-order valence-corrected chi connectivity index (χ2v) is 2.87. The van der Waals surface area contributed by atoms with Gasteiger partial charge in [-0.3, -0.25) is 4.79 Å². The molecular weight excluding hydrogens is 166 g/mol. The van der Waals surface area contributed by atoms with Crippen LogP contribution in [0, 0.1) is 0 Å². The summed E-state index contributed by atoms with van der Waals surface area (Å²) in [6.07, 6.45) is 0. The number of hydrogen-bond donors (Lipinski definition) is 1. The normalized spacial score (nSPS) is 12.2. The first-order chi connectivity index (χ1) is 6.16. The van der Waals surface area contributed by atoms with Crippen molar-refractivity contribution in [1.29, 1.82) is 0 Å². The minimum atomic E-state index is -0.343. The smallest absolute Gasteiger partial charge is 0.224 e. The Hall–Kier alpha value is -1.51. The van der Waals surface area contributed by atoms with E-state index in [0.717, 1.165) is 5.56 Å². The van der Waals surface area contributed by atoms with Crippen LogP contribution in [-0.4, -0.2) is 13.0 Å². The van der Waals surface area contributed by atoms with Gasteiger partial charge >= 0.3 is 0 Å². The van der Waals surface area contributed by atoms with E-state index in [9.17, 15) is 4.79 Å². The summed E-state index contributed by atoms with van der Waals surface area (Å²) in [6, 6.07) is 7.37. The van der Waals surface area contributed by atoms with E-state index in [-0.39, 0.29) is 13.3 Å². The van der Waals surface area contributed by atoms with Crippen LogP contribution < -0.4 is 10.5 Å². The number of para-hydroxylation sites is 1. The molecule has 0 radical (unpaired) electrons. The minimum Gasteiger partial charge on any atom is -0.496 e. The Morgan fingerprint density at radius 1 is 1.54 bits per heavy atom. The van der Waals surface area contributed by atoms with Gasteiger partial charge in [0.25, 0.3) is 0 Å². The monoisotopic (exact) mass is 181 g/mol. The van der Waals surface area contributed by atoms with Crippen LogP contribution in [0.1, 0.15) is 19.8 Å². The lowest BCUT2D eigenvalue weighted by atomic mass is 10.00. The third kappa shape index (κ3) is 1.99. The lowest BCUT2D eigenvalue weighted by molar-refractivity contribution is -0.119. The summed E-state index contributed by atoms with van der Waals surface area (Å²) < 4.78 is 5.11. The molecule has 0 aliphatic heterocycles. The third-order valence-electron chi connectivity index (χ3n) is 2.03. The van der Waals surface area contributed by atoms with Crippen molar-refractivity contribution in [3.8, 4) is 5.75 Å². The van der Waals surface area contributed by atoms with E-state index >= 15 is 0 Å². The number of rotatable bonds is 3. The molecule has 0 bridgehead atoms. The second-order valence-electron chi connectivity index (χ2n) is 2.87. The molecule has 1 unspecified atom stereocenters. The van der Waals surface area contributed by atoms with E-state index < -0.39 is 0 Å². The molecule has 1 rings (SSSR count). The lowest BCUT2D eigenvalue weighted by Gasteiger charge is -2.11. The van der Waals surface area contributed by atoms with Crippen LogP contribution >= 0.6 is 0 Å². The molecule has 0 fully saturated rings. The van der Waals surface area contributed by atoms with Crippen molar-refractivity contribution in [3.63, 3.8) is 0 Å². The number of amides is 1. The van der Waals surface area contributed by atoms with Crippen LogP contribution in [0.25, 0.3) is 0 Å². The van der Waals surface area contributed by atoms with Crippen molar-refractivity contribution in [1.82, 2.24) is 0 Å². The number of carbonyl (C=O) groups excluding carboxylic acids is 1. The Kier molecular flexibility index (Phi) is 2.90. The Morgan fingerprint density at radius 3 is 2.69 bits per heavy atom. The number of primary amides is 1. The van der Waals surface area contributed by atoms with Crippen molar-refractivity contribution in [2.45, 2.75) is 12.8 Å². The average molecular weight is 181 g/mol. The van der Waals surface area contributed by atoms with Crippen molar-refractivity contribution in [2.75, 3.05) is 7.11 Å². The Balaban J connectivity index is 0.00000169. The van der Waals surface area contributed by atoms with Gasteiger partial charge in [0.2, 0.25) is 5.91 Å². The molecule has 1 aromatic rings. The van der Waals surface area contributed by atoms with Gasteiger partial charge in [0, 0.05) is 6.99 Å². The zero-order valence-electron chi connectivity index (χ0n) is 7.78. The largest absolute Gasteiger partial charge is 0.496 e. The van der Waals surface area contributed by atoms with Gasteiger partial charge in [-0.25, -0.2) is 0 Å². The van der Waals surface area contributed by atoms with Gasteiger partial charge in [-0.1, -0.05) is 18.2 Å². The highest BCUT2D eigenvalue weighted by molar-refractivity contribution is 5.82. The number of hydrogen-bond acceptors (Lipinski definition) is 2. The Morgan fingerprint density at radius 2 is 2.15 bits per heavy atom. The Bertz CT molecular complexity index is 315. The highest BCUT2D eigenvalue weighted by Crippen LogP contribution is 2.25. The molecule has 0 spiro atoms. The van der Waals surface area contributed by atoms with E-state index in [1.54, 1.807) is 14.0 Å². The van der Waals surface area contributed by atoms with Crippen molar-refractivity contribution < 1.29 is 11.0 Å². The van der Waals surface area contributed by atoms with Crippen LogP contribution in [0.3, 0.4) is 0 Å². The molecule has 1 aromatic carbocycles. The molecule has 3 nitrogen and oxygen atoms in total. The third-order valence-corrected chi connectivity index (χ3v) is 2.03. The summed E-state index contributed by atoms with van der Waals surface area (Å²) in [4.78, 5) is 10.9. The van der Waals surface area contributed by atoms with Crippen molar-refractivity contribution >= 4 is 5.91 Å². The molecule has 13 heavy (non-hydrogen) atoms. The fourth-order valence-corrected chi connectivity index (χ4v) is 1.18. The van der Waals surface area contributed by atoms with Gasteiger partial charge in [0.05, 0.1) is 13.0 Å². The van der Waals surface area contributed by atoms with E-state index in [1.807, 2.05) is 24.3 Å². The summed E-state index contributed by atoms with van der Waals surface area (Å²) in [6.45, 7) is 1.76. The molecule has 1 atom stereocenters. The molecule has 0 heterocycles. The number of carbonyl (C=O) groups is 1. The van der Waals surface area contributed by atoms with Gasteiger partial charge in [-0.15, -0.1) is 0 Å². The van der Waals surface area contributed by atoms with Crippen LogP contribution in [0.4, 0.5) is 0 Å². The van der Waals surface area contributed by atoms with Crippen LogP contribution in [0.5, 0.6) is 5.75 Å². The maximum Gasteiger partial charge on any atom is 0.224 e. The maximum absolute atomic E-state index is 10.9. The lowest BCUT2D eigenvalue weighted by Crippen LogP contribution is -2.19. The van der Waals surface area contributed by atoms with E-state index in [0.29, 0.717) is 5.75 Å². The number of ether oxygens (including phenoxy) is 1. The molecule has 0 aliphatic rings. The molecule has 1 amide bonds. The quantitative estimate of drug-likeness (QED) is 0.768. The van der Waals surface area contributed by atoms with E-state index in [2.05, 4.69) is 0 Å². The van der Waals surface area contributed by atoms with Gasteiger partial charge in [0.15, 0.2) is 0 Å². The summed E-state index contributed by atoms with van der Waals surface area (Å²) in [5.41, 5.74) is 6.03. The predicted molar refractivity (Wildman–Crippen MR) is 52.7 cm³/mol. The predicted octanol–water partition coefficient (Wildman–Crippen LogP) is 1.53. The first-order valence-electron chi connectivity index (χ1n) is 4.09. The highest BCUT2D eigenvalue weighted by Gasteiger charge is 2.15. The van der Waals surface area contributed by atoms with E-state index in [1.165, 1.54) is 0 Å². The first-order valence-corrected chi connectivity index (χ1v) is 4.09. The van der Waals surface area contributed by atoms with Crippen molar-refractivity contribution in [3.05, 3.63) is 29.8 Å². The highest BCUT2D eigenvalue weighted by atomic mass is 16.5. The first kappa shape index (κ1) is 9.58. The molecule has 2 N–H and O–H groups in total. The molecular formula is C10H15NO2. The number of nitrogens with two attached hydrogens (primary N) is 1. The van der Waals surface area contributed by atoms with Crippen molar-refractivity contribution in [2.24, 2.45) is 5.73 Å². The van der Waals surface area contributed by atoms with Gasteiger partial charge in [0.1, 0.15) is 5.75 Å².